The summed E-state index contributed by atoms with van der Waals surface area (Å²) in [6.07, 6.45) is 2.07. The number of hydrogen-bond acceptors (Lipinski definition) is 6. The first-order valence-electron chi connectivity index (χ1n) is 14.5. The van der Waals surface area contributed by atoms with Crippen LogP contribution in [0.2, 0.25) is 10.0 Å². The normalized spacial score (nSPS) is 11.8. The lowest BCUT2D eigenvalue weighted by Crippen LogP contribution is -2.53. The molecule has 0 aliphatic heterocycles. The van der Waals surface area contributed by atoms with Gasteiger partial charge in [-0.1, -0.05) is 71.7 Å². The molecule has 12 heteroatoms. The quantitative estimate of drug-likeness (QED) is 0.147. The topological polar surface area (TPSA) is 96.0 Å². The molecule has 1 N–H and O–H groups in total. The van der Waals surface area contributed by atoms with Crippen LogP contribution in [0.25, 0.3) is 0 Å². The number of anilines is 1. The van der Waals surface area contributed by atoms with Crippen molar-refractivity contribution >= 4 is 62.5 Å². The molecule has 4 rings (SSSR count). The van der Waals surface area contributed by atoms with E-state index in [2.05, 4.69) is 5.32 Å². The highest BCUT2D eigenvalue weighted by molar-refractivity contribution is 7.98. The Morgan fingerprint density at radius 3 is 2.24 bits per heavy atom. The van der Waals surface area contributed by atoms with Gasteiger partial charge in [0.2, 0.25) is 11.8 Å². The van der Waals surface area contributed by atoms with E-state index in [9.17, 15) is 18.0 Å². The van der Waals surface area contributed by atoms with Crippen LogP contribution in [-0.4, -0.2) is 57.6 Å². The van der Waals surface area contributed by atoms with Gasteiger partial charge in [0.1, 0.15) is 18.3 Å². The van der Waals surface area contributed by atoms with E-state index in [1.807, 2.05) is 36.6 Å². The Hall–Kier alpha value is -3.70. The van der Waals surface area contributed by atoms with Crippen molar-refractivity contribution in [3.05, 3.63) is 118 Å². The fraction of sp³-hybridized carbons (Fsp3) is 0.235. The minimum absolute atomic E-state index is 0.00355. The maximum Gasteiger partial charge on any atom is 0.264 e. The molecular weight excluding hydrogens is 665 g/mol. The van der Waals surface area contributed by atoms with Gasteiger partial charge >= 0.3 is 0 Å². The Labute approximate surface area is 284 Å². The Morgan fingerprint density at radius 1 is 0.935 bits per heavy atom. The number of rotatable bonds is 14. The number of nitrogens with one attached hydrogen (secondary N) is 1. The summed E-state index contributed by atoms with van der Waals surface area (Å²) in [6.45, 7) is 1.36. The van der Waals surface area contributed by atoms with Gasteiger partial charge in [0.15, 0.2) is 0 Å². The van der Waals surface area contributed by atoms with Crippen molar-refractivity contribution in [1.29, 1.82) is 0 Å². The number of sulfonamides is 1. The predicted molar refractivity (Wildman–Crippen MR) is 185 cm³/mol. The molecule has 0 radical (unpaired) electrons. The van der Waals surface area contributed by atoms with Crippen LogP contribution in [0, 0.1) is 0 Å². The average molecular weight is 701 g/mol. The number of likely N-dealkylation sites (N-methyl/N-ethyl adjacent to an activating group) is 1. The fourth-order valence-electron chi connectivity index (χ4n) is 4.88. The minimum Gasteiger partial charge on any atom is -0.492 e. The van der Waals surface area contributed by atoms with Crippen molar-refractivity contribution in [3.63, 3.8) is 0 Å². The third-order valence-electron chi connectivity index (χ3n) is 7.23. The van der Waals surface area contributed by atoms with E-state index >= 15 is 0 Å². The summed E-state index contributed by atoms with van der Waals surface area (Å²) in [7, 11) is -2.80. The standard InChI is InChI=1S/C34H35Cl2N3O5S2/c1-4-44-32-13-9-8-12-30(32)39(46(42,43)28-18-16-27(45-3)17-19-28)23-33(40)38(22-25-14-15-26(35)21-29(25)36)31(34(41)37-2)20-24-10-6-5-7-11-24/h5-19,21,31H,4,20,22-23H2,1-3H3,(H,37,41). The maximum atomic E-state index is 14.5. The van der Waals surface area contributed by atoms with Gasteiger partial charge in [0.05, 0.1) is 17.2 Å². The van der Waals surface area contributed by atoms with Gasteiger partial charge in [-0.25, -0.2) is 8.42 Å². The smallest absolute Gasteiger partial charge is 0.264 e. The zero-order valence-corrected chi connectivity index (χ0v) is 28.8. The van der Waals surface area contributed by atoms with Crippen LogP contribution in [0.5, 0.6) is 5.75 Å². The summed E-state index contributed by atoms with van der Waals surface area (Å²) in [5, 5.41) is 3.39. The zero-order valence-electron chi connectivity index (χ0n) is 25.7. The first kappa shape index (κ1) is 35.2. The maximum absolute atomic E-state index is 14.5. The van der Waals surface area contributed by atoms with Gasteiger partial charge in [0, 0.05) is 35.0 Å². The van der Waals surface area contributed by atoms with Gasteiger partial charge in [-0.05, 0) is 72.8 Å². The van der Waals surface area contributed by atoms with E-state index in [1.54, 1.807) is 61.5 Å². The second-order valence-electron chi connectivity index (χ2n) is 10.2. The number of nitrogens with zero attached hydrogens (tertiary/aromatic N) is 2. The van der Waals surface area contributed by atoms with Crippen LogP contribution in [0.1, 0.15) is 18.1 Å². The number of benzene rings is 4. The largest absolute Gasteiger partial charge is 0.492 e. The molecule has 0 aliphatic rings. The minimum atomic E-state index is -4.29. The lowest BCUT2D eigenvalue weighted by Gasteiger charge is -2.34. The first-order chi connectivity index (χ1) is 22.1. The van der Waals surface area contributed by atoms with E-state index in [0.717, 1.165) is 14.8 Å². The number of hydrogen-bond donors (Lipinski definition) is 1. The van der Waals surface area contributed by atoms with Crippen molar-refractivity contribution < 1.29 is 22.7 Å². The molecule has 0 aromatic heterocycles. The number of para-hydroxylation sites is 2. The monoisotopic (exact) mass is 699 g/mol. The molecule has 8 nitrogen and oxygen atoms in total. The van der Waals surface area contributed by atoms with E-state index in [1.165, 1.54) is 35.8 Å². The second kappa shape index (κ2) is 16.2. The SMILES string of the molecule is CCOc1ccccc1N(CC(=O)N(Cc1ccc(Cl)cc1Cl)C(Cc1ccccc1)C(=O)NC)S(=O)(=O)c1ccc(SC)cc1. The summed E-state index contributed by atoms with van der Waals surface area (Å²) < 4.78 is 35.5. The van der Waals surface area contributed by atoms with Crippen LogP contribution in [-0.2, 0) is 32.6 Å². The molecule has 0 saturated carbocycles. The van der Waals surface area contributed by atoms with Crippen LogP contribution >= 0.6 is 35.0 Å². The molecule has 2 amide bonds. The number of carbonyl (C=O) groups excluding carboxylic acids is 2. The van der Waals surface area contributed by atoms with Crippen LogP contribution in [0.3, 0.4) is 0 Å². The van der Waals surface area contributed by atoms with Gasteiger partial charge in [-0.2, -0.15) is 0 Å². The van der Waals surface area contributed by atoms with Crippen molar-refractivity contribution in [2.45, 2.75) is 35.7 Å². The highest BCUT2D eigenvalue weighted by Crippen LogP contribution is 2.34. The number of amides is 2. The van der Waals surface area contributed by atoms with Gasteiger partial charge in [-0.3, -0.25) is 13.9 Å². The van der Waals surface area contributed by atoms with Gasteiger partial charge in [-0.15, -0.1) is 11.8 Å². The first-order valence-corrected chi connectivity index (χ1v) is 17.9. The molecule has 1 unspecified atom stereocenters. The third-order valence-corrected chi connectivity index (χ3v) is 10.3. The number of thioether (sulfide) groups is 1. The second-order valence-corrected chi connectivity index (χ2v) is 13.8. The van der Waals surface area contributed by atoms with E-state index in [4.69, 9.17) is 27.9 Å². The molecule has 4 aromatic carbocycles. The van der Waals surface area contributed by atoms with Crippen molar-refractivity contribution in [1.82, 2.24) is 10.2 Å². The lowest BCUT2D eigenvalue weighted by molar-refractivity contribution is -0.139. The van der Waals surface area contributed by atoms with Crippen molar-refractivity contribution in [2.75, 3.05) is 30.8 Å². The molecule has 0 spiro atoms. The van der Waals surface area contributed by atoms with Gasteiger partial charge in [0.25, 0.3) is 10.0 Å². The fourth-order valence-corrected chi connectivity index (χ4v) is 7.18. The summed E-state index contributed by atoms with van der Waals surface area (Å²) in [4.78, 5) is 30.2. The zero-order chi connectivity index (χ0) is 33.3. The molecule has 0 bridgehead atoms. The lowest BCUT2D eigenvalue weighted by atomic mass is 10.0. The Kier molecular flexibility index (Phi) is 12.4. The molecule has 0 heterocycles. The highest BCUT2D eigenvalue weighted by atomic mass is 35.5. The summed E-state index contributed by atoms with van der Waals surface area (Å²) >= 11 is 14.2. The molecule has 46 heavy (non-hydrogen) atoms. The number of halogens is 2. The molecule has 0 saturated heterocycles. The molecule has 0 fully saturated rings. The third kappa shape index (κ3) is 8.55. The van der Waals surface area contributed by atoms with Crippen LogP contribution in [0.4, 0.5) is 5.69 Å². The van der Waals surface area contributed by atoms with Crippen LogP contribution in [0.15, 0.2) is 107 Å². The van der Waals surface area contributed by atoms with E-state index < -0.39 is 34.4 Å². The van der Waals surface area contributed by atoms with Crippen molar-refractivity contribution in [3.8, 4) is 5.75 Å². The van der Waals surface area contributed by atoms with Crippen LogP contribution < -0.4 is 14.4 Å². The summed E-state index contributed by atoms with van der Waals surface area (Å²) in [5.41, 5.74) is 1.55. The summed E-state index contributed by atoms with van der Waals surface area (Å²) in [5.74, 6) is -0.744. The van der Waals surface area contributed by atoms with Crippen molar-refractivity contribution in [2.24, 2.45) is 0 Å². The molecular formula is C34H35Cl2N3O5S2. The predicted octanol–water partition coefficient (Wildman–Crippen LogP) is 6.70. The van der Waals surface area contributed by atoms with E-state index in [-0.39, 0.29) is 30.2 Å². The van der Waals surface area contributed by atoms with Gasteiger partial charge < -0.3 is 15.0 Å². The number of carbonyl (C=O) groups is 2. The molecule has 1 atom stereocenters. The average Bonchev–Trinajstić information content (AvgIpc) is 3.06. The Balaban J connectivity index is 1.84. The highest BCUT2D eigenvalue weighted by Gasteiger charge is 2.35. The Morgan fingerprint density at radius 2 is 1.61 bits per heavy atom. The summed E-state index contributed by atoms with van der Waals surface area (Å²) in [6, 6.07) is 26.2. The molecule has 4 aromatic rings. The Bertz CT molecular complexity index is 1760. The number of ether oxygens (including phenoxy) is 1. The molecule has 0 aliphatic carbocycles. The van der Waals surface area contributed by atoms with E-state index in [0.29, 0.717) is 21.4 Å². The molecule has 242 valence electrons.